The molecular weight excluding hydrogens is 266 g/mol. The third-order valence-electron chi connectivity index (χ3n) is 3.37. The van der Waals surface area contributed by atoms with Crippen LogP contribution >= 0.6 is 0 Å². The van der Waals surface area contributed by atoms with E-state index in [1.807, 2.05) is 0 Å². The zero-order chi connectivity index (χ0) is 14.7. The van der Waals surface area contributed by atoms with Crippen LogP contribution in [0.3, 0.4) is 0 Å². The first kappa shape index (κ1) is 14.2. The van der Waals surface area contributed by atoms with Gasteiger partial charge in [0.05, 0.1) is 17.1 Å². The van der Waals surface area contributed by atoms with Crippen molar-refractivity contribution in [2.24, 2.45) is 0 Å². The lowest BCUT2D eigenvalue weighted by atomic mass is 9.92. The summed E-state index contributed by atoms with van der Waals surface area (Å²) in [6, 6.07) is 0.918. The SMILES string of the molecule is O=C(O)c1cc(NC2CCCCC2O)ncc1[N+](=O)[O-]. The van der Waals surface area contributed by atoms with Crippen molar-refractivity contribution < 1.29 is 19.9 Å². The van der Waals surface area contributed by atoms with Gasteiger partial charge in [-0.1, -0.05) is 12.8 Å². The first-order valence-electron chi connectivity index (χ1n) is 6.31. The number of anilines is 1. The summed E-state index contributed by atoms with van der Waals surface area (Å²) < 4.78 is 0. The minimum atomic E-state index is -1.38. The molecule has 1 heterocycles. The topological polar surface area (TPSA) is 126 Å². The smallest absolute Gasteiger partial charge is 0.342 e. The van der Waals surface area contributed by atoms with Gasteiger partial charge in [-0.3, -0.25) is 10.1 Å². The van der Waals surface area contributed by atoms with Gasteiger partial charge >= 0.3 is 11.7 Å². The zero-order valence-electron chi connectivity index (χ0n) is 10.7. The van der Waals surface area contributed by atoms with E-state index < -0.39 is 28.2 Å². The molecule has 8 nitrogen and oxygen atoms in total. The average Bonchev–Trinajstić information content (AvgIpc) is 2.41. The Bertz CT molecular complexity index is 534. The summed E-state index contributed by atoms with van der Waals surface area (Å²) in [4.78, 5) is 24.8. The summed E-state index contributed by atoms with van der Waals surface area (Å²) >= 11 is 0. The van der Waals surface area contributed by atoms with E-state index in [1.54, 1.807) is 0 Å². The summed E-state index contributed by atoms with van der Waals surface area (Å²) in [7, 11) is 0. The fraction of sp³-hybridized carbons (Fsp3) is 0.500. The van der Waals surface area contributed by atoms with E-state index in [0.717, 1.165) is 31.5 Å². The van der Waals surface area contributed by atoms with Crippen LogP contribution in [-0.4, -0.2) is 38.2 Å². The lowest BCUT2D eigenvalue weighted by Gasteiger charge is -2.28. The highest BCUT2D eigenvalue weighted by Gasteiger charge is 2.25. The van der Waals surface area contributed by atoms with Crippen LogP contribution in [0, 0.1) is 10.1 Å². The van der Waals surface area contributed by atoms with Crippen LogP contribution in [0.15, 0.2) is 12.3 Å². The highest BCUT2D eigenvalue weighted by Crippen LogP contribution is 2.24. The molecule has 20 heavy (non-hydrogen) atoms. The standard InChI is InChI=1S/C12H15N3O5/c16-10-4-2-1-3-8(10)14-11-5-7(12(17)18)9(6-13-11)15(19)20/h5-6,8,10,16H,1-4H2,(H,13,14)(H,17,18). The minimum Gasteiger partial charge on any atom is -0.477 e. The van der Waals surface area contributed by atoms with Gasteiger partial charge in [0.2, 0.25) is 0 Å². The molecule has 0 aromatic carbocycles. The molecular formula is C12H15N3O5. The largest absolute Gasteiger partial charge is 0.477 e. The van der Waals surface area contributed by atoms with Crippen molar-refractivity contribution in [3.05, 3.63) is 27.9 Å². The second-order valence-electron chi connectivity index (χ2n) is 4.75. The predicted octanol–water partition coefficient (Wildman–Crippen LogP) is 1.40. The quantitative estimate of drug-likeness (QED) is 0.562. The van der Waals surface area contributed by atoms with Crippen molar-refractivity contribution in [2.75, 3.05) is 5.32 Å². The number of aliphatic hydroxyl groups excluding tert-OH is 1. The van der Waals surface area contributed by atoms with E-state index in [0.29, 0.717) is 6.42 Å². The molecule has 1 fully saturated rings. The maximum atomic E-state index is 11.0. The van der Waals surface area contributed by atoms with Gasteiger partial charge in [-0.2, -0.15) is 0 Å². The summed E-state index contributed by atoms with van der Waals surface area (Å²) in [6.45, 7) is 0. The van der Waals surface area contributed by atoms with Crippen molar-refractivity contribution in [1.29, 1.82) is 0 Å². The number of aliphatic hydroxyl groups is 1. The summed E-state index contributed by atoms with van der Waals surface area (Å²) in [5.41, 5.74) is -0.968. The molecule has 1 aromatic heterocycles. The molecule has 0 amide bonds. The Hall–Kier alpha value is -2.22. The lowest BCUT2D eigenvalue weighted by molar-refractivity contribution is -0.385. The van der Waals surface area contributed by atoms with Gasteiger partial charge in [0.1, 0.15) is 17.6 Å². The molecule has 2 rings (SSSR count). The summed E-state index contributed by atoms with van der Waals surface area (Å²) in [5, 5.41) is 32.5. The molecule has 2 atom stereocenters. The van der Waals surface area contributed by atoms with Gasteiger partial charge in [-0.15, -0.1) is 0 Å². The molecule has 1 aromatic rings. The molecule has 3 N–H and O–H groups in total. The molecule has 108 valence electrons. The molecule has 0 radical (unpaired) electrons. The highest BCUT2D eigenvalue weighted by atomic mass is 16.6. The molecule has 1 aliphatic carbocycles. The molecule has 0 bridgehead atoms. The Morgan fingerprint density at radius 3 is 2.75 bits per heavy atom. The number of nitro groups is 1. The van der Waals surface area contributed by atoms with E-state index in [1.165, 1.54) is 0 Å². The van der Waals surface area contributed by atoms with Gasteiger partial charge in [-0.05, 0) is 12.8 Å². The number of hydrogen-bond acceptors (Lipinski definition) is 6. The Morgan fingerprint density at radius 2 is 2.15 bits per heavy atom. The normalized spacial score (nSPS) is 22.2. The van der Waals surface area contributed by atoms with E-state index in [-0.39, 0.29) is 11.9 Å². The summed E-state index contributed by atoms with van der Waals surface area (Å²) in [6.07, 6.45) is 3.75. The van der Waals surface area contributed by atoms with E-state index in [4.69, 9.17) is 5.11 Å². The van der Waals surface area contributed by atoms with Crippen molar-refractivity contribution in [3.8, 4) is 0 Å². The predicted molar refractivity (Wildman–Crippen MR) is 69.7 cm³/mol. The first-order chi connectivity index (χ1) is 9.49. The fourth-order valence-corrected chi connectivity index (χ4v) is 2.31. The molecule has 1 saturated carbocycles. The fourth-order valence-electron chi connectivity index (χ4n) is 2.31. The van der Waals surface area contributed by atoms with E-state index >= 15 is 0 Å². The number of carboxylic acid groups (broad SMARTS) is 1. The van der Waals surface area contributed by atoms with Crippen LogP contribution in [0.4, 0.5) is 11.5 Å². The highest BCUT2D eigenvalue weighted by molar-refractivity contribution is 5.93. The number of hydrogen-bond donors (Lipinski definition) is 3. The molecule has 0 saturated heterocycles. The molecule has 2 unspecified atom stereocenters. The number of aromatic carboxylic acids is 1. The van der Waals surface area contributed by atoms with E-state index in [2.05, 4.69) is 10.3 Å². The van der Waals surface area contributed by atoms with Gasteiger partial charge in [-0.25, -0.2) is 9.78 Å². The van der Waals surface area contributed by atoms with Crippen molar-refractivity contribution >= 4 is 17.5 Å². The van der Waals surface area contributed by atoms with Gasteiger partial charge in [0.15, 0.2) is 0 Å². The number of rotatable bonds is 4. The van der Waals surface area contributed by atoms with Crippen molar-refractivity contribution in [3.63, 3.8) is 0 Å². The Balaban J connectivity index is 2.22. The minimum absolute atomic E-state index is 0.209. The lowest BCUT2D eigenvalue weighted by Crippen LogP contribution is -2.36. The maximum Gasteiger partial charge on any atom is 0.342 e. The monoisotopic (exact) mass is 281 g/mol. The number of carboxylic acids is 1. The molecule has 0 spiro atoms. The van der Waals surface area contributed by atoms with Gasteiger partial charge in [0, 0.05) is 6.07 Å². The third kappa shape index (κ3) is 3.02. The summed E-state index contributed by atoms with van der Waals surface area (Å²) in [5.74, 6) is -1.16. The van der Waals surface area contributed by atoms with Crippen molar-refractivity contribution in [2.45, 2.75) is 37.8 Å². The Morgan fingerprint density at radius 1 is 1.45 bits per heavy atom. The van der Waals surface area contributed by atoms with Gasteiger partial charge in [0.25, 0.3) is 0 Å². The Kier molecular flexibility index (Phi) is 4.14. The number of aromatic nitrogens is 1. The number of nitrogens with one attached hydrogen (secondary N) is 1. The molecule has 0 aliphatic heterocycles. The molecule has 8 heteroatoms. The maximum absolute atomic E-state index is 11.0. The van der Waals surface area contributed by atoms with Crippen LogP contribution in [0.2, 0.25) is 0 Å². The van der Waals surface area contributed by atoms with Crippen LogP contribution in [0.25, 0.3) is 0 Å². The second-order valence-corrected chi connectivity index (χ2v) is 4.75. The number of carbonyl (C=O) groups is 1. The zero-order valence-corrected chi connectivity index (χ0v) is 10.7. The van der Waals surface area contributed by atoms with Crippen LogP contribution in [0.5, 0.6) is 0 Å². The van der Waals surface area contributed by atoms with Crippen LogP contribution in [0.1, 0.15) is 36.0 Å². The van der Waals surface area contributed by atoms with Crippen LogP contribution < -0.4 is 5.32 Å². The first-order valence-corrected chi connectivity index (χ1v) is 6.31. The van der Waals surface area contributed by atoms with Gasteiger partial charge < -0.3 is 15.5 Å². The number of nitrogens with zero attached hydrogens (tertiary/aromatic N) is 2. The van der Waals surface area contributed by atoms with Crippen LogP contribution in [-0.2, 0) is 0 Å². The third-order valence-corrected chi connectivity index (χ3v) is 3.37. The second kappa shape index (κ2) is 5.83. The average molecular weight is 281 g/mol. The Labute approximate surface area is 114 Å². The molecule has 1 aliphatic rings. The van der Waals surface area contributed by atoms with Crippen molar-refractivity contribution in [1.82, 2.24) is 4.98 Å². The van der Waals surface area contributed by atoms with E-state index in [9.17, 15) is 20.0 Å². The number of pyridine rings is 1.